The third-order valence-electron chi connectivity index (χ3n) is 2.66. The first-order chi connectivity index (χ1) is 9.33. The Morgan fingerprint density at radius 1 is 1.11 bits per heavy atom. The van der Waals surface area contributed by atoms with Gasteiger partial charge in [-0.05, 0) is 35.4 Å². The number of rotatable bonds is 4. The van der Waals surface area contributed by atoms with Crippen LogP contribution in [0.1, 0.15) is 11.1 Å². The molecule has 0 aliphatic heterocycles. The van der Waals surface area contributed by atoms with Gasteiger partial charge in [0.1, 0.15) is 18.4 Å². The molecular formula is C16H13NO2. The third-order valence-corrected chi connectivity index (χ3v) is 2.66. The lowest BCUT2D eigenvalue weighted by molar-refractivity contribution is 0.306. The van der Waals surface area contributed by atoms with Gasteiger partial charge in [-0.25, -0.2) is 0 Å². The Balaban J connectivity index is 2.02. The molecule has 0 fully saturated rings. The van der Waals surface area contributed by atoms with Crippen molar-refractivity contribution in [2.75, 3.05) is 0 Å². The van der Waals surface area contributed by atoms with E-state index in [1.54, 1.807) is 24.3 Å². The lowest BCUT2D eigenvalue weighted by atomic mass is 10.1. The highest BCUT2D eigenvalue weighted by Crippen LogP contribution is 2.18. The Kier molecular flexibility index (Phi) is 4.20. The van der Waals surface area contributed by atoms with Crippen LogP contribution in [0.5, 0.6) is 5.75 Å². The van der Waals surface area contributed by atoms with Crippen molar-refractivity contribution in [2.24, 2.45) is 0 Å². The number of allylic oxidation sites excluding steroid dienone is 1. The summed E-state index contributed by atoms with van der Waals surface area (Å²) in [5, 5.41) is 17.7. The topological polar surface area (TPSA) is 53.2 Å². The molecule has 0 atom stereocenters. The second-order valence-corrected chi connectivity index (χ2v) is 3.95. The van der Waals surface area contributed by atoms with Crippen LogP contribution in [0.25, 0.3) is 5.57 Å². The summed E-state index contributed by atoms with van der Waals surface area (Å²) in [6.45, 7) is 0.501. The number of hydrogen-bond acceptors (Lipinski definition) is 3. The van der Waals surface area contributed by atoms with Gasteiger partial charge in [-0.1, -0.05) is 30.3 Å². The van der Waals surface area contributed by atoms with Gasteiger partial charge < -0.3 is 9.84 Å². The summed E-state index contributed by atoms with van der Waals surface area (Å²) in [5.41, 5.74) is 1.99. The Morgan fingerprint density at radius 2 is 1.79 bits per heavy atom. The van der Waals surface area contributed by atoms with Crippen molar-refractivity contribution in [3.63, 3.8) is 0 Å². The average molecular weight is 251 g/mol. The van der Waals surface area contributed by atoms with Crippen molar-refractivity contribution in [3.05, 3.63) is 72.0 Å². The van der Waals surface area contributed by atoms with Crippen molar-refractivity contribution < 1.29 is 9.84 Å². The quantitative estimate of drug-likeness (QED) is 0.666. The van der Waals surface area contributed by atoms with Crippen molar-refractivity contribution in [1.82, 2.24) is 0 Å². The van der Waals surface area contributed by atoms with Crippen molar-refractivity contribution >= 4 is 5.57 Å². The van der Waals surface area contributed by atoms with Gasteiger partial charge in [0.2, 0.25) is 0 Å². The van der Waals surface area contributed by atoms with Crippen LogP contribution in [0.15, 0.2) is 60.9 Å². The number of ether oxygens (including phenoxy) is 1. The van der Waals surface area contributed by atoms with Crippen LogP contribution >= 0.6 is 0 Å². The van der Waals surface area contributed by atoms with Gasteiger partial charge in [0, 0.05) is 0 Å². The normalized spacial score (nSPS) is 10.8. The molecule has 0 aliphatic rings. The second-order valence-electron chi connectivity index (χ2n) is 3.95. The molecule has 0 spiro atoms. The van der Waals surface area contributed by atoms with E-state index in [2.05, 4.69) is 0 Å². The molecule has 0 aromatic heterocycles. The largest absolute Gasteiger partial charge is 0.514 e. The van der Waals surface area contributed by atoms with Crippen LogP contribution in [0.4, 0.5) is 0 Å². The highest BCUT2D eigenvalue weighted by Gasteiger charge is 2.01. The van der Waals surface area contributed by atoms with Gasteiger partial charge in [-0.15, -0.1) is 0 Å². The number of aliphatic hydroxyl groups excluding tert-OH is 1. The van der Waals surface area contributed by atoms with E-state index >= 15 is 0 Å². The van der Waals surface area contributed by atoms with Crippen molar-refractivity contribution in [1.29, 1.82) is 5.26 Å². The summed E-state index contributed by atoms with van der Waals surface area (Å²) in [4.78, 5) is 0. The molecule has 1 N–H and O–H groups in total. The Hall–Kier alpha value is -2.73. The van der Waals surface area contributed by atoms with Crippen molar-refractivity contribution in [3.8, 4) is 11.8 Å². The van der Waals surface area contributed by atoms with E-state index in [4.69, 9.17) is 15.1 Å². The second kappa shape index (κ2) is 6.27. The SMILES string of the molecule is N#CC(=CO)c1ccc(OCc2ccccc2)cc1. The van der Waals surface area contributed by atoms with Crippen LogP contribution in [-0.4, -0.2) is 5.11 Å². The molecule has 19 heavy (non-hydrogen) atoms. The standard InChI is InChI=1S/C16H13NO2/c17-10-15(11-18)14-6-8-16(9-7-14)19-12-13-4-2-1-3-5-13/h1-9,11,18H,12H2. The van der Waals surface area contributed by atoms with E-state index in [-0.39, 0.29) is 5.57 Å². The highest BCUT2D eigenvalue weighted by atomic mass is 16.5. The maximum Gasteiger partial charge on any atom is 0.119 e. The molecule has 3 nitrogen and oxygen atoms in total. The number of aliphatic hydroxyl groups is 1. The Morgan fingerprint density at radius 3 is 2.37 bits per heavy atom. The molecule has 0 unspecified atom stereocenters. The predicted molar refractivity (Wildman–Crippen MR) is 73.4 cm³/mol. The van der Waals surface area contributed by atoms with E-state index in [1.165, 1.54) is 0 Å². The lowest BCUT2D eigenvalue weighted by Gasteiger charge is -2.06. The summed E-state index contributed by atoms with van der Waals surface area (Å²) in [6.07, 6.45) is 0.805. The van der Waals surface area contributed by atoms with Gasteiger partial charge >= 0.3 is 0 Å². The molecule has 2 aromatic carbocycles. The van der Waals surface area contributed by atoms with E-state index in [9.17, 15) is 0 Å². The molecule has 2 rings (SSSR count). The van der Waals surface area contributed by atoms with Crippen LogP contribution in [0.2, 0.25) is 0 Å². The minimum Gasteiger partial charge on any atom is -0.514 e. The smallest absolute Gasteiger partial charge is 0.119 e. The minimum atomic E-state index is 0.231. The Bertz CT molecular complexity index is 595. The molecule has 0 radical (unpaired) electrons. The molecule has 0 heterocycles. The zero-order valence-electron chi connectivity index (χ0n) is 10.3. The summed E-state index contributed by atoms with van der Waals surface area (Å²) >= 11 is 0. The van der Waals surface area contributed by atoms with E-state index < -0.39 is 0 Å². The number of hydrogen-bond donors (Lipinski definition) is 1. The highest BCUT2D eigenvalue weighted by molar-refractivity contribution is 5.75. The minimum absolute atomic E-state index is 0.231. The maximum absolute atomic E-state index is 8.89. The first-order valence-electron chi connectivity index (χ1n) is 5.85. The molecule has 0 amide bonds. The molecule has 0 aliphatic carbocycles. The monoisotopic (exact) mass is 251 g/mol. The summed E-state index contributed by atoms with van der Waals surface area (Å²) in [6, 6.07) is 18.8. The average Bonchev–Trinajstić information content (AvgIpc) is 2.49. The molecular weight excluding hydrogens is 238 g/mol. The molecule has 94 valence electrons. The zero-order valence-corrected chi connectivity index (χ0v) is 10.3. The molecule has 2 aromatic rings. The maximum atomic E-state index is 8.89. The fraction of sp³-hybridized carbons (Fsp3) is 0.0625. The molecule has 0 saturated heterocycles. The summed E-state index contributed by atoms with van der Waals surface area (Å²) < 4.78 is 5.63. The molecule has 0 saturated carbocycles. The van der Waals surface area contributed by atoms with E-state index in [1.807, 2.05) is 36.4 Å². The van der Waals surface area contributed by atoms with E-state index in [0.717, 1.165) is 17.6 Å². The first-order valence-corrected chi connectivity index (χ1v) is 5.85. The van der Waals surface area contributed by atoms with Crippen LogP contribution in [0, 0.1) is 11.3 Å². The lowest BCUT2D eigenvalue weighted by Crippen LogP contribution is -1.95. The van der Waals surface area contributed by atoms with Crippen LogP contribution in [-0.2, 0) is 6.61 Å². The van der Waals surface area contributed by atoms with Gasteiger partial charge in [0.05, 0.1) is 11.8 Å². The summed E-state index contributed by atoms with van der Waals surface area (Å²) in [7, 11) is 0. The number of nitriles is 1. The van der Waals surface area contributed by atoms with E-state index in [0.29, 0.717) is 12.2 Å². The fourth-order valence-electron chi connectivity index (χ4n) is 1.64. The predicted octanol–water partition coefficient (Wildman–Crippen LogP) is 3.69. The van der Waals surface area contributed by atoms with Gasteiger partial charge in [0.25, 0.3) is 0 Å². The number of nitrogens with zero attached hydrogens (tertiary/aromatic N) is 1. The zero-order chi connectivity index (χ0) is 13.5. The third kappa shape index (κ3) is 3.36. The van der Waals surface area contributed by atoms with Gasteiger partial charge in [0.15, 0.2) is 0 Å². The molecule has 3 heteroatoms. The van der Waals surface area contributed by atoms with Crippen LogP contribution < -0.4 is 4.74 Å². The van der Waals surface area contributed by atoms with Crippen molar-refractivity contribution in [2.45, 2.75) is 6.61 Å². The summed E-state index contributed by atoms with van der Waals surface area (Å²) in [5.74, 6) is 0.725. The fourth-order valence-corrected chi connectivity index (χ4v) is 1.64. The van der Waals surface area contributed by atoms with Crippen LogP contribution in [0.3, 0.4) is 0 Å². The van der Waals surface area contributed by atoms with Gasteiger partial charge in [-0.2, -0.15) is 5.26 Å². The number of benzene rings is 2. The van der Waals surface area contributed by atoms with Gasteiger partial charge in [-0.3, -0.25) is 0 Å². The molecule has 0 bridgehead atoms. The first kappa shape index (κ1) is 12.7. The Labute approximate surface area is 112 Å².